The molecule has 1 heterocycles. The normalized spacial score (nSPS) is 36.8. The van der Waals surface area contributed by atoms with Crippen LogP contribution in [0.3, 0.4) is 0 Å². The van der Waals surface area contributed by atoms with Crippen LogP contribution in [-0.2, 0) is 4.74 Å². The summed E-state index contributed by atoms with van der Waals surface area (Å²) in [5.41, 5.74) is 5.55. The average Bonchev–Trinajstić information content (AvgIpc) is 1.91. The van der Waals surface area contributed by atoms with Crippen LogP contribution in [0.1, 0.15) is 13.3 Å². The fraction of sp³-hybridized carbons (Fsp3) is 1.00. The van der Waals surface area contributed by atoms with Crippen molar-refractivity contribution in [3.63, 3.8) is 0 Å². The second-order valence-corrected chi connectivity index (χ2v) is 2.03. The van der Waals surface area contributed by atoms with E-state index in [2.05, 4.69) is 0 Å². The van der Waals surface area contributed by atoms with Crippen LogP contribution in [0, 0.1) is 0 Å². The molecular weight excluding hydrogens is 126 g/mol. The van der Waals surface area contributed by atoms with Crippen molar-refractivity contribution in [3.8, 4) is 0 Å². The van der Waals surface area contributed by atoms with E-state index >= 15 is 0 Å². The van der Waals surface area contributed by atoms with Crippen molar-refractivity contribution >= 4 is 12.4 Å². The number of hydrogen-bond acceptors (Lipinski definition) is 2. The van der Waals surface area contributed by atoms with Crippen LogP contribution in [0.5, 0.6) is 0 Å². The van der Waals surface area contributed by atoms with E-state index in [0.717, 1.165) is 13.0 Å². The molecule has 3 heteroatoms. The summed E-state index contributed by atoms with van der Waals surface area (Å²) < 4.78 is 5.14. The zero-order chi connectivity index (χ0) is 5.28. The highest BCUT2D eigenvalue weighted by atomic mass is 35.5. The Labute approximate surface area is 55.8 Å². The van der Waals surface area contributed by atoms with Gasteiger partial charge in [-0.3, -0.25) is 0 Å². The van der Waals surface area contributed by atoms with Gasteiger partial charge < -0.3 is 10.5 Å². The Morgan fingerprint density at radius 3 is 2.38 bits per heavy atom. The van der Waals surface area contributed by atoms with E-state index in [0.29, 0.717) is 12.1 Å². The zero-order valence-electron chi connectivity index (χ0n) is 4.96. The van der Waals surface area contributed by atoms with E-state index in [4.69, 9.17) is 10.5 Å². The van der Waals surface area contributed by atoms with Crippen molar-refractivity contribution in [2.24, 2.45) is 5.73 Å². The highest BCUT2D eigenvalue weighted by Gasteiger charge is 2.18. The minimum atomic E-state index is 0. The SMILES string of the molecule is C[C@H]1OCC[C@@H]1N.Cl. The van der Waals surface area contributed by atoms with E-state index < -0.39 is 0 Å². The molecule has 0 radical (unpaired) electrons. The quantitative estimate of drug-likeness (QED) is 0.529. The van der Waals surface area contributed by atoms with Crippen molar-refractivity contribution < 1.29 is 4.74 Å². The Balaban J connectivity index is 0.000000490. The first-order valence-corrected chi connectivity index (χ1v) is 2.68. The van der Waals surface area contributed by atoms with Gasteiger partial charge in [-0.15, -0.1) is 12.4 Å². The summed E-state index contributed by atoms with van der Waals surface area (Å²) in [5, 5.41) is 0. The fourth-order valence-electron chi connectivity index (χ4n) is 0.748. The zero-order valence-corrected chi connectivity index (χ0v) is 5.78. The van der Waals surface area contributed by atoms with Crippen LogP contribution < -0.4 is 5.73 Å². The molecule has 0 aromatic carbocycles. The summed E-state index contributed by atoms with van der Waals surface area (Å²) in [6.07, 6.45) is 1.32. The molecule has 1 fully saturated rings. The molecule has 0 unspecified atom stereocenters. The molecule has 2 nitrogen and oxygen atoms in total. The summed E-state index contributed by atoms with van der Waals surface area (Å²) in [7, 11) is 0. The van der Waals surface area contributed by atoms with E-state index in [-0.39, 0.29) is 12.4 Å². The van der Waals surface area contributed by atoms with Crippen molar-refractivity contribution in [1.82, 2.24) is 0 Å². The van der Waals surface area contributed by atoms with Crippen LogP contribution in [0.4, 0.5) is 0 Å². The molecule has 0 aromatic heterocycles. The maximum atomic E-state index is 5.55. The number of hydrogen-bond donors (Lipinski definition) is 1. The predicted molar refractivity (Wildman–Crippen MR) is 35.3 cm³/mol. The molecule has 0 saturated carbocycles. The molecule has 50 valence electrons. The minimum absolute atomic E-state index is 0. The molecule has 1 saturated heterocycles. The molecule has 2 N–H and O–H groups in total. The van der Waals surface area contributed by atoms with Gasteiger partial charge in [0.1, 0.15) is 0 Å². The number of ether oxygens (including phenoxy) is 1. The van der Waals surface area contributed by atoms with Crippen molar-refractivity contribution in [3.05, 3.63) is 0 Å². The van der Waals surface area contributed by atoms with Gasteiger partial charge in [0, 0.05) is 12.6 Å². The predicted octanol–water partition coefficient (Wildman–Crippen LogP) is 0.544. The maximum absolute atomic E-state index is 5.55. The van der Waals surface area contributed by atoms with Crippen molar-refractivity contribution in [2.45, 2.75) is 25.5 Å². The van der Waals surface area contributed by atoms with E-state index in [1.165, 1.54) is 0 Å². The Kier molecular flexibility index (Phi) is 3.36. The largest absolute Gasteiger partial charge is 0.377 e. The number of nitrogens with two attached hydrogens (primary N) is 1. The summed E-state index contributed by atoms with van der Waals surface area (Å²) >= 11 is 0. The summed E-state index contributed by atoms with van der Waals surface area (Å²) in [5.74, 6) is 0. The lowest BCUT2D eigenvalue weighted by atomic mass is 10.2. The second-order valence-electron chi connectivity index (χ2n) is 2.03. The summed E-state index contributed by atoms with van der Waals surface area (Å²) in [4.78, 5) is 0. The molecule has 1 rings (SSSR count). The van der Waals surface area contributed by atoms with Crippen LogP contribution in [0.2, 0.25) is 0 Å². The standard InChI is InChI=1S/C5H11NO.ClH/c1-4-5(6)2-3-7-4;/h4-5H,2-3,6H2,1H3;1H/t4-,5+;/m1./s1. The molecular formula is C5H12ClNO. The van der Waals surface area contributed by atoms with Gasteiger partial charge in [-0.05, 0) is 13.3 Å². The number of halogens is 1. The van der Waals surface area contributed by atoms with E-state index in [1.807, 2.05) is 6.92 Å². The molecule has 2 atom stereocenters. The third kappa shape index (κ3) is 1.62. The highest BCUT2D eigenvalue weighted by Crippen LogP contribution is 2.08. The highest BCUT2D eigenvalue weighted by molar-refractivity contribution is 5.85. The van der Waals surface area contributed by atoms with Gasteiger partial charge in [-0.2, -0.15) is 0 Å². The molecule has 0 amide bonds. The van der Waals surface area contributed by atoms with Gasteiger partial charge in [0.15, 0.2) is 0 Å². The first-order chi connectivity index (χ1) is 3.30. The Hall–Kier alpha value is 0.210. The molecule has 1 aliphatic rings. The molecule has 0 aliphatic carbocycles. The van der Waals surface area contributed by atoms with E-state index in [1.54, 1.807) is 0 Å². The van der Waals surface area contributed by atoms with Crippen LogP contribution in [0.25, 0.3) is 0 Å². The maximum Gasteiger partial charge on any atom is 0.0698 e. The topological polar surface area (TPSA) is 35.2 Å². The lowest BCUT2D eigenvalue weighted by Gasteiger charge is -2.04. The average molecular weight is 138 g/mol. The summed E-state index contributed by atoms with van der Waals surface area (Å²) in [6.45, 7) is 2.86. The molecule has 8 heavy (non-hydrogen) atoms. The lowest BCUT2D eigenvalue weighted by Crippen LogP contribution is -2.26. The minimum Gasteiger partial charge on any atom is -0.377 e. The first kappa shape index (κ1) is 8.21. The van der Waals surface area contributed by atoms with Gasteiger partial charge >= 0.3 is 0 Å². The fourth-order valence-corrected chi connectivity index (χ4v) is 0.748. The van der Waals surface area contributed by atoms with Gasteiger partial charge in [-0.1, -0.05) is 0 Å². The van der Waals surface area contributed by atoms with Crippen LogP contribution >= 0.6 is 12.4 Å². The van der Waals surface area contributed by atoms with Crippen LogP contribution in [-0.4, -0.2) is 18.8 Å². The third-order valence-corrected chi connectivity index (χ3v) is 1.43. The van der Waals surface area contributed by atoms with Gasteiger partial charge in [-0.25, -0.2) is 0 Å². The Bertz CT molecular complexity index is 61.4. The first-order valence-electron chi connectivity index (χ1n) is 2.68. The van der Waals surface area contributed by atoms with E-state index in [9.17, 15) is 0 Å². The Morgan fingerprint density at radius 1 is 1.62 bits per heavy atom. The summed E-state index contributed by atoms with van der Waals surface area (Å²) in [6, 6.07) is 0.292. The molecule has 0 bridgehead atoms. The van der Waals surface area contributed by atoms with Crippen molar-refractivity contribution in [1.29, 1.82) is 0 Å². The lowest BCUT2D eigenvalue weighted by molar-refractivity contribution is 0.119. The molecule has 0 aromatic rings. The third-order valence-electron chi connectivity index (χ3n) is 1.43. The van der Waals surface area contributed by atoms with Crippen molar-refractivity contribution in [2.75, 3.05) is 6.61 Å². The second kappa shape index (κ2) is 3.28. The molecule has 0 spiro atoms. The van der Waals surface area contributed by atoms with Gasteiger partial charge in [0.2, 0.25) is 0 Å². The van der Waals surface area contributed by atoms with Gasteiger partial charge in [0.25, 0.3) is 0 Å². The molecule has 1 aliphatic heterocycles. The number of rotatable bonds is 0. The Morgan fingerprint density at radius 2 is 2.25 bits per heavy atom. The van der Waals surface area contributed by atoms with Crippen LogP contribution in [0.15, 0.2) is 0 Å². The monoisotopic (exact) mass is 137 g/mol. The smallest absolute Gasteiger partial charge is 0.0698 e. The van der Waals surface area contributed by atoms with Gasteiger partial charge in [0.05, 0.1) is 6.10 Å².